The van der Waals surface area contributed by atoms with Crippen LogP contribution in [0.1, 0.15) is 71.1 Å². The topological polar surface area (TPSA) is 69.7 Å². The van der Waals surface area contributed by atoms with E-state index < -0.39 is 16.4 Å². The number of hydrogen-bond acceptors (Lipinski definition) is 5. The third kappa shape index (κ3) is 12.2. The summed E-state index contributed by atoms with van der Waals surface area (Å²) in [7, 11) is -3.17. The highest BCUT2D eigenvalue weighted by Crippen LogP contribution is 2.11. The van der Waals surface area contributed by atoms with Crippen molar-refractivity contribution in [1.82, 2.24) is 0 Å². The molecule has 0 unspecified atom stereocenters. The zero-order chi connectivity index (χ0) is 14.6. The van der Waals surface area contributed by atoms with Crippen molar-refractivity contribution < 1.29 is 21.6 Å². The summed E-state index contributed by atoms with van der Waals surface area (Å²) in [6.45, 7) is 2.20. The Morgan fingerprint density at radius 2 is 1.37 bits per heavy atom. The second-order valence-corrected chi connectivity index (χ2v) is 5.93. The summed E-state index contributed by atoms with van der Waals surface area (Å²) in [4.78, 5) is 11.1. The normalized spacial score (nSPS) is 11.5. The molecule has 0 aliphatic rings. The van der Waals surface area contributed by atoms with Gasteiger partial charge < -0.3 is 4.18 Å². The number of hydrogen-bond donors (Lipinski definition) is 0. The van der Waals surface area contributed by atoms with Gasteiger partial charge in [0.05, 0.1) is 7.11 Å². The van der Waals surface area contributed by atoms with Crippen LogP contribution < -0.4 is 0 Å². The summed E-state index contributed by atoms with van der Waals surface area (Å²) in [6.07, 6.45) is 10.3. The molecule has 0 heterocycles. The van der Waals surface area contributed by atoms with E-state index in [2.05, 4.69) is 15.3 Å². The van der Waals surface area contributed by atoms with Crippen molar-refractivity contribution >= 4 is 16.4 Å². The Morgan fingerprint density at radius 3 is 1.84 bits per heavy atom. The van der Waals surface area contributed by atoms with Gasteiger partial charge in [-0.2, -0.15) is 8.42 Å². The highest BCUT2D eigenvalue weighted by atomic mass is 32.3. The van der Waals surface area contributed by atoms with Crippen molar-refractivity contribution in [3.8, 4) is 0 Å². The van der Waals surface area contributed by atoms with E-state index in [0.29, 0.717) is 6.42 Å². The molecule has 0 atom stereocenters. The molecule has 6 heteroatoms. The molecule has 0 amide bonds. The van der Waals surface area contributed by atoms with Gasteiger partial charge in [-0.1, -0.05) is 58.3 Å². The number of unbranched alkanes of at least 4 members (excludes halogenated alkanes) is 8. The van der Waals surface area contributed by atoms with Crippen LogP contribution in [-0.2, 0) is 23.6 Å². The first-order chi connectivity index (χ1) is 9.02. The van der Waals surface area contributed by atoms with Crippen LogP contribution in [0.25, 0.3) is 0 Å². The van der Waals surface area contributed by atoms with E-state index in [1.54, 1.807) is 0 Å². The molecule has 5 nitrogen and oxygen atoms in total. The fourth-order valence-corrected chi connectivity index (χ4v) is 2.15. The third-order valence-electron chi connectivity index (χ3n) is 2.88. The highest BCUT2D eigenvalue weighted by molar-refractivity contribution is 7.82. The predicted octanol–water partition coefficient (Wildman–Crippen LogP) is 3.34. The minimum absolute atomic E-state index is 0.123. The van der Waals surface area contributed by atoms with Crippen molar-refractivity contribution in [2.45, 2.75) is 71.1 Å². The van der Waals surface area contributed by atoms with Gasteiger partial charge in [-0.25, -0.2) is 4.18 Å². The van der Waals surface area contributed by atoms with Gasteiger partial charge in [0.15, 0.2) is 0 Å². The number of carbonyl (C=O) groups is 1. The van der Waals surface area contributed by atoms with E-state index in [1.807, 2.05) is 0 Å². The van der Waals surface area contributed by atoms with Gasteiger partial charge in [-0.3, -0.25) is 4.79 Å². The summed E-state index contributed by atoms with van der Waals surface area (Å²) in [6, 6.07) is 0. The molecule has 0 aliphatic carbocycles. The molecule has 0 rings (SSSR count). The second kappa shape index (κ2) is 11.2. The number of carbonyl (C=O) groups excluding carboxylic acids is 1. The van der Waals surface area contributed by atoms with Gasteiger partial charge in [0.25, 0.3) is 0 Å². The first-order valence-electron chi connectivity index (χ1n) is 7.04. The molecule has 0 aromatic rings. The molecule has 0 aliphatic heterocycles. The molecule has 19 heavy (non-hydrogen) atoms. The average Bonchev–Trinajstić information content (AvgIpc) is 2.36. The van der Waals surface area contributed by atoms with Crippen molar-refractivity contribution in [3.05, 3.63) is 0 Å². The lowest BCUT2D eigenvalue weighted by Crippen LogP contribution is -2.13. The van der Waals surface area contributed by atoms with Crippen molar-refractivity contribution in [2.24, 2.45) is 0 Å². The van der Waals surface area contributed by atoms with Crippen LogP contribution in [-0.4, -0.2) is 21.5 Å². The Hall–Kier alpha value is -0.620. The molecule has 0 radical (unpaired) electrons. The predicted molar refractivity (Wildman–Crippen MR) is 73.9 cm³/mol. The Kier molecular flexibility index (Phi) is 10.9. The lowest BCUT2D eigenvalue weighted by Gasteiger charge is -2.03. The quantitative estimate of drug-likeness (QED) is 0.516. The summed E-state index contributed by atoms with van der Waals surface area (Å²) < 4.78 is 29.8. The first-order valence-corrected chi connectivity index (χ1v) is 8.38. The first kappa shape index (κ1) is 18.4. The molecule has 0 saturated carbocycles. The second-order valence-electron chi connectivity index (χ2n) is 4.61. The maximum Gasteiger partial charge on any atom is 0.451 e. The molecule has 0 bridgehead atoms. The molecule has 0 N–H and O–H groups in total. The molecular formula is C13H26O5S. The van der Waals surface area contributed by atoms with Gasteiger partial charge in [-0.15, -0.1) is 0 Å². The molecule has 0 spiro atoms. The number of rotatable bonds is 12. The molecule has 0 fully saturated rings. The van der Waals surface area contributed by atoms with Gasteiger partial charge in [0.1, 0.15) is 0 Å². The fraction of sp³-hybridized carbons (Fsp3) is 0.923. The Labute approximate surface area is 117 Å². The van der Waals surface area contributed by atoms with E-state index >= 15 is 0 Å². The standard InChI is InChI=1S/C13H26O5S/c1-3-4-5-6-7-8-9-10-11-12-13(14)18-19(15,16)17-2/h3-12H2,1-2H3. The molecule has 0 aromatic carbocycles. The van der Waals surface area contributed by atoms with E-state index in [4.69, 9.17) is 0 Å². The molecular weight excluding hydrogens is 268 g/mol. The average molecular weight is 294 g/mol. The minimum Gasteiger partial charge on any atom is -0.325 e. The minimum atomic E-state index is -4.13. The van der Waals surface area contributed by atoms with Crippen LogP contribution in [0.15, 0.2) is 0 Å². The van der Waals surface area contributed by atoms with Crippen LogP contribution in [0.3, 0.4) is 0 Å². The van der Waals surface area contributed by atoms with Crippen molar-refractivity contribution in [2.75, 3.05) is 7.11 Å². The zero-order valence-corrected chi connectivity index (χ0v) is 12.8. The molecule has 114 valence electrons. The smallest absolute Gasteiger partial charge is 0.325 e. The largest absolute Gasteiger partial charge is 0.451 e. The maximum atomic E-state index is 11.1. The maximum absolute atomic E-state index is 11.1. The Morgan fingerprint density at radius 1 is 0.895 bits per heavy atom. The summed E-state index contributed by atoms with van der Waals surface area (Å²) in [5.41, 5.74) is 0. The summed E-state index contributed by atoms with van der Waals surface area (Å²) in [5.74, 6) is -0.746. The van der Waals surface area contributed by atoms with E-state index in [0.717, 1.165) is 20.0 Å². The van der Waals surface area contributed by atoms with Crippen LogP contribution in [0, 0.1) is 0 Å². The summed E-state index contributed by atoms with van der Waals surface area (Å²) in [5, 5.41) is 0. The van der Waals surface area contributed by atoms with Crippen LogP contribution in [0.2, 0.25) is 0 Å². The molecule has 0 saturated heterocycles. The van der Waals surface area contributed by atoms with E-state index in [1.165, 1.54) is 38.5 Å². The highest BCUT2D eigenvalue weighted by Gasteiger charge is 2.15. The zero-order valence-electron chi connectivity index (χ0n) is 12.0. The lowest BCUT2D eigenvalue weighted by atomic mass is 10.1. The fourth-order valence-electron chi connectivity index (χ4n) is 1.77. The van der Waals surface area contributed by atoms with Crippen LogP contribution in [0.4, 0.5) is 0 Å². The van der Waals surface area contributed by atoms with Gasteiger partial charge in [0.2, 0.25) is 0 Å². The van der Waals surface area contributed by atoms with Crippen molar-refractivity contribution in [1.29, 1.82) is 0 Å². The van der Waals surface area contributed by atoms with E-state index in [9.17, 15) is 13.2 Å². The Balaban J connectivity index is 3.37. The Bertz CT molecular complexity index is 324. The van der Waals surface area contributed by atoms with Gasteiger partial charge in [-0.05, 0) is 6.42 Å². The van der Waals surface area contributed by atoms with Crippen LogP contribution in [0.5, 0.6) is 0 Å². The molecule has 0 aromatic heterocycles. The summed E-state index contributed by atoms with van der Waals surface area (Å²) >= 11 is 0. The monoisotopic (exact) mass is 294 g/mol. The van der Waals surface area contributed by atoms with E-state index in [-0.39, 0.29) is 6.42 Å². The van der Waals surface area contributed by atoms with Crippen LogP contribution >= 0.6 is 0 Å². The lowest BCUT2D eigenvalue weighted by molar-refractivity contribution is -0.134. The SMILES string of the molecule is CCCCCCCCCCCC(=O)OS(=O)(=O)OC. The third-order valence-corrected chi connectivity index (χ3v) is 3.68. The van der Waals surface area contributed by atoms with Gasteiger partial charge in [0, 0.05) is 6.42 Å². The van der Waals surface area contributed by atoms with Gasteiger partial charge >= 0.3 is 16.4 Å². The van der Waals surface area contributed by atoms with Crippen molar-refractivity contribution in [3.63, 3.8) is 0 Å².